The fourth-order valence-electron chi connectivity index (χ4n) is 3.33. The first kappa shape index (κ1) is 16.3. The van der Waals surface area contributed by atoms with Crippen LogP contribution in [-0.4, -0.2) is 44.9 Å². The molecule has 3 heterocycles. The van der Waals surface area contributed by atoms with Crippen LogP contribution in [0.3, 0.4) is 0 Å². The molecule has 0 spiro atoms. The molecule has 0 aliphatic carbocycles. The van der Waals surface area contributed by atoms with Crippen molar-refractivity contribution in [2.24, 2.45) is 5.41 Å². The Morgan fingerprint density at radius 1 is 1.15 bits per heavy atom. The molecule has 132 valence electrons. The molecule has 0 radical (unpaired) electrons. The van der Waals surface area contributed by atoms with E-state index in [9.17, 15) is 9.59 Å². The number of nitrogens with zero attached hydrogens (tertiary/aromatic N) is 4. The second-order valence-corrected chi connectivity index (χ2v) is 7.28. The van der Waals surface area contributed by atoms with E-state index in [1.54, 1.807) is 4.52 Å². The van der Waals surface area contributed by atoms with Crippen molar-refractivity contribution >= 4 is 23.9 Å². The van der Waals surface area contributed by atoms with Crippen molar-refractivity contribution in [3.05, 3.63) is 48.0 Å². The van der Waals surface area contributed by atoms with Crippen molar-refractivity contribution in [1.82, 2.24) is 19.5 Å². The molecule has 1 aliphatic rings. The number of fused-ring (bicyclic) bond motifs is 1. The summed E-state index contributed by atoms with van der Waals surface area (Å²) in [6, 6.07) is 13.1. The van der Waals surface area contributed by atoms with Crippen LogP contribution in [0.5, 0.6) is 0 Å². The van der Waals surface area contributed by atoms with Crippen LogP contribution in [0.25, 0.3) is 16.9 Å². The molecule has 0 bridgehead atoms. The zero-order chi connectivity index (χ0) is 18.3. The van der Waals surface area contributed by atoms with Gasteiger partial charge in [0.25, 0.3) is 5.91 Å². The van der Waals surface area contributed by atoms with Gasteiger partial charge in [-0.2, -0.15) is 4.98 Å². The largest absolute Gasteiger partial charge is 0.337 e. The Labute approximate surface area is 150 Å². The number of likely N-dealkylation sites (tertiary alicyclic amines) is 1. The Kier molecular flexibility index (Phi) is 3.72. The van der Waals surface area contributed by atoms with E-state index in [0.29, 0.717) is 17.6 Å². The zero-order valence-electron chi connectivity index (χ0n) is 14.6. The smallest absolute Gasteiger partial charge is 0.253 e. The summed E-state index contributed by atoms with van der Waals surface area (Å²) < 4.78 is 1.67. The monoisotopic (exact) mass is 349 g/mol. The Morgan fingerprint density at radius 3 is 2.54 bits per heavy atom. The van der Waals surface area contributed by atoms with E-state index in [2.05, 4.69) is 29.2 Å². The van der Waals surface area contributed by atoms with Gasteiger partial charge in [-0.05, 0) is 29.7 Å². The van der Waals surface area contributed by atoms with Gasteiger partial charge in [-0.1, -0.05) is 32.0 Å². The van der Waals surface area contributed by atoms with Crippen LogP contribution >= 0.6 is 0 Å². The van der Waals surface area contributed by atoms with E-state index >= 15 is 0 Å². The van der Waals surface area contributed by atoms with Gasteiger partial charge in [0.2, 0.25) is 12.4 Å². The summed E-state index contributed by atoms with van der Waals surface area (Å²) >= 11 is 0. The number of aromatic nitrogens is 3. The minimum Gasteiger partial charge on any atom is -0.337 e. The van der Waals surface area contributed by atoms with Crippen molar-refractivity contribution < 1.29 is 9.59 Å². The minimum absolute atomic E-state index is 0.0623. The summed E-state index contributed by atoms with van der Waals surface area (Å²) in [5, 5.41) is 6.75. The fourth-order valence-corrected chi connectivity index (χ4v) is 3.33. The van der Waals surface area contributed by atoms with Crippen LogP contribution in [0.15, 0.2) is 42.5 Å². The van der Waals surface area contributed by atoms with Crippen LogP contribution < -0.4 is 5.32 Å². The minimum atomic E-state index is 0.0623. The van der Waals surface area contributed by atoms with Crippen molar-refractivity contribution in [3.8, 4) is 11.3 Å². The second kappa shape index (κ2) is 5.94. The van der Waals surface area contributed by atoms with E-state index in [0.717, 1.165) is 24.3 Å². The third kappa shape index (κ3) is 2.81. The molecule has 26 heavy (non-hydrogen) atoms. The summed E-state index contributed by atoms with van der Waals surface area (Å²) in [6.45, 7) is 5.90. The Morgan fingerprint density at radius 2 is 1.88 bits per heavy atom. The first-order valence-corrected chi connectivity index (χ1v) is 8.43. The number of carbonyl (C=O) groups excluding carboxylic acids is 2. The number of amides is 2. The van der Waals surface area contributed by atoms with E-state index in [4.69, 9.17) is 0 Å². The van der Waals surface area contributed by atoms with Gasteiger partial charge in [0.1, 0.15) is 0 Å². The molecule has 1 N–H and O–H groups in total. The van der Waals surface area contributed by atoms with Gasteiger partial charge in [0.05, 0.1) is 5.69 Å². The summed E-state index contributed by atoms with van der Waals surface area (Å²) in [5.74, 6) is 0.312. The molecule has 1 saturated heterocycles. The first-order valence-electron chi connectivity index (χ1n) is 8.43. The molecular weight excluding hydrogens is 330 g/mol. The maximum Gasteiger partial charge on any atom is 0.253 e. The number of anilines is 1. The molecule has 0 atom stereocenters. The molecule has 3 aromatic rings. The molecule has 1 fully saturated rings. The predicted octanol–water partition coefficient (Wildman–Crippen LogP) is 2.45. The number of nitrogens with one attached hydrogen (secondary N) is 1. The highest BCUT2D eigenvalue weighted by Crippen LogP contribution is 2.30. The molecule has 2 amide bonds. The highest BCUT2D eigenvalue weighted by atomic mass is 16.2. The quantitative estimate of drug-likeness (QED) is 0.734. The molecule has 2 aromatic heterocycles. The number of benzene rings is 1. The molecule has 0 unspecified atom stereocenters. The average Bonchev–Trinajstić information content (AvgIpc) is 3.02. The third-order valence-corrected chi connectivity index (χ3v) is 4.50. The van der Waals surface area contributed by atoms with Gasteiger partial charge in [0, 0.05) is 24.2 Å². The van der Waals surface area contributed by atoms with E-state index < -0.39 is 0 Å². The Balaban J connectivity index is 1.62. The van der Waals surface area contributed by atoms with Crippen LogP contribution in [0, 0.1) is 5.41 Å². The number of hydrogen-bond donors (Lipinski definition) is 1. The number of pyridine rings is 1. The van der Waals surface area contributed by atoms with Crippen molar-refractivity contribution in [2.45, 2.75) is 13.8 Å². The topological polar surface area (TPSA) is 79.6 Å². The highest BCUT2D eigenvalue weighted by molar-refractivity contribution is 5.95. The summed E-state index contributed by atoms with van der Waals surface area (Å²) in [6.07, 6.45) is 0.548. The lowest BCUT2D eigenvalue weighted by Crippen LogP contribution is -2.55. The average molecular weight is 349 g/mol. The zero-order valence-corrected chi connectivity index (χ0v) is 14.6. The standard InChI is InChI=1S/C19H19N5O2/c1-19(2)10-23(11-19)17(26)14-8-6-13(7-9-14)15-4-3-5-16-21-18(20-12-25)22-24(15)16/h3-9,12H,10-11H2,1-2H3,(H,20,22,25). The van der Waals surface area contributed by atoms with Crippen molar-refractivity contribution in [1.29, 1.82) is 0 Å². The number of carbonyl (C=O) groups is 2. The van der Waals surface area contributed by atoms with Crippen LogP contribution in [0.4, 0.5) is 5.95 Å². The summed E-state index contributed by atoms with van der Waals surface area (Å²) in [7, 11) is 0. The maximum atomic E-state index is 12.5. The molecule has 7 heteroatoms. The number of hydrogen-bond acceptors (Lipinski definition) is 4. The first-order chi connectivity index (χ1) is 12.5. The van der Waals surface area contributed by atoms with E-state index in [-0.39, 0.29) is 17.3 Å². The molecule has 1 aliphatic heterocycles. The van der Waals surface area contributed by atoms with E-state index in [1.807, 2.05) is 47.4 Å². The molecule has 0 saturated carbocycles. The molecule has 7 nitrogen and oxygen atoms in total. The Hall–Kier alpha value is -3.22. The molecule has 1 aromatic carbocycles. The van der Waals surface area contributed by atoms with Crippen molar-refractivity contribution in [3.63, 3.8) is 0 Å². The van der Waals surface area contributed by atoms with Crippen LogP contribution in [0.1, 0.15) is 24.2 Å². The molecule has 4 rings (SSSR count). The number of rotatable bonds is 4. The van der Waals surface area contributed by atoms with Crippen LogP contribution in [-0.2, 0) is 4.79 Å². The third-order valence-electron chi connectivity index (χ3n) is 4.50. The summed E-state index contributed by atoms with van der Waals surface area (Å²) in [4.78, 5) is 29.2. The lowest BCUT2D eigenvalue weighted by atomic mass is 9.84. The maximum absolute atomic E-state index is 12.5. The lowest BCUT2D eigenvalue weighted by molar-refractivity contribution is -0.105. The van der Waals surface area contributed by atoms with Gasteiger partial charge in [0.15, 0.2) is 5.65 Å². The Bertz CT molecular complexity index is 983. The van der Waals surface area contributed by atoms with Gasteiger partial charge in [-0.15, -0.1) is 5.10 Å². The fraction of sp³-hybridized carbons (Fsp3) is 0.263. The normalized spacial score (nSPS) is 15.5. The summed E-state index contributed by atoms with van der Waals surface area (Å²) in [5.41, 5.74) is 3.27. The lowest BCUT2D eigenvalue weighted by Gasteiger charge is -2.45. The molecular formula is C19H19N5O2. The van der Waals surface area contributed by atoms with Crippen molar-refractivity contribution in [2.75, 3.05) is 18.4 Å². The highest BCUT2D eigenvalue weighted by Gasteiger charge is 2.37. The van der Waals surface area contributed by atoms with Gasteiger partial charge in [-0.25, -0.2) is 4.52 Å². The van der Waals surface area contributed by atoms with Crippen LogP contribution in [0.2, 0.25) is 0 Å². The predicted molar refractivity (Wildman–Crippen MR) is 97.8 cm³/mol. The SMILES string of the molecule is CC1(C)CN(C(=O)c2ccc(-c3cccc4nc(NC=O)nn34)cc2)C1. The second-order valence-electron chi connectivity index (χ2n) is 7.28. The van der Waals surface area contributed by atoms with E-state index in [1.165, 1.54) is 0 Å². The van der Waals surface area contributed by atoms with Gasteiger partial charge >= 0.3 is 0 Å². The van der Waals surface area contributed by atoms with Gasteiger partial charge in [-0.3, -0.25) is 14.9 Å². The van der Waals surface area contributed by atoms with Gasteiger partial charge < -0.3 is 4.90 Å².